The molecule has 0 unspecified atom stereocenters. The number of halogens is 1. The average Bonchev–Trinajstić information content (AvgIpc) is 2.40. The van der Waals surface area contributed by atoms with Crippen molar-refractivity contribution in [3.63, 3.8) is 0 Å². The van der Waals surface area contributed by atoms with E-state index >= 15 is 0 Å². The van der Waals surface area contributed by atoms with Crippen molar-refractivity contribution >= 4 is 15.9 Å². The summed E-state index contributed by atoms with van der Waals surface area (Å²) >= 11 is 3.25. The number of rotatable bonds is 4. The number of hydrogen-bond donors (Lipinski definition) is 2. The zero-order chi connectivity index (χ0) is 13.0. The first-order valence-corrected chi connectivity index (χ1v) is 6.60. The lowest BCUT2D eigenvalue weighted by Crippen LogP contribution is -1.96. The number of phenolic OH excluding ortho intramolecular Hbond substituents is 2. The molecule has 2 N–H and O–H groups in total. The van der Waals surface area contributed by atoms with E-state index in [2.05, 4.69) is 15.9 Å². The van der Waals surface area contributed by atoms with Gasteiger partial charge in [0.25, 0.3) is 0 Å². The molecular formula is C14H13BrO3. The molecule has 3 nitrogen and oxygen atoms in total. The first kappa shape index (κ1) is 12.8. The number of phenols is 2. The number of ether oxygens (including phenoxy) is 1. The van der Waals surface area contributed by atoms with Crippen LogP contribution < -0.4 is 4.74 Å². The van der Waals surface area contributed by atoms with Crippen LogP contribution >= 0.6 is 15.9 Å². The van der Waals surface area contributed by atoms with Crippen molar-refractivity contribution in [1.82, 2.24) is 0 Å². The maximum absolute atomic E-state index is 9.93. The summed E-state index contributed by atoms with van der Waals surface area (Å²) in [5, 5.41) is 19.9. The number of alkyl halides is 1. The van der Waals surface area contributed by atoms with Gasteiger partial charge in [0.2, 0.25) is 0 Å². The molecule has 0 bridgehead atoms. The summed E-state index contributed by atoms with van der Waals surface area (Å²) in [7, 11) is 0. The van der Waals surface area contributed by atoms with E-state index in [-0.39, 0.29) is 17.2 Å². The Morgan fingerprint density at radius 2 is 1.78 bits per heavy atom. The summed E-state index contributed by atoms with van der Waals surface area (Å²) in [6.07, 6.45) is 0. The smallest absolute Gasteiger partial charge is 0.165 e. The van der Waals surface area contributed by atoms with Crippen LogP contribution in [0.25, 0.3) is 0 Å². The second-order valence-corrected chi connectivity index (χ2v) is 4.42. The number of hydrogen-bond acceptors (Lipinski definition) is 3. The Kier molecular flexibility index (Phi) is 4.10. The quantitative estimate of drug-likeness (QED) is 0.670. The Hall–Kier alpha value is -1.68. The van der Waals surface area contributed by atoms with Crippen LogP contribution in [0.4, 0.5) is 0 Å². The molecule has 0 fully saturated rings. The van der Waals surface area contributed by atoms with Crippen molar-refractivity contribution < 1.29 is 14.9 Å². The van der Waals surface area contributed by atoms with E-state index in [0.29, 0.717) is 17.5 Å². The molecule has 2 aromatic carbocycles. The lowest BCUT2D eigenvalue weighted by molar-refractivity contribution is 0.286. The van der Waals surface area contributed by atoms with Gasteiger partial charge in [0.15, 0.2) is 11.5 Å². The molecule has 0 spiro atoms. The second kappa shape index (κ2) is 5.78. The van der Waals surface area contributed by atoms with E-state index in [4.69, 9.17) is 4.74 Å². The Balaban J connectivity index is 2.17. The topological polar surface area (TPSA) is 49.7 Å². The predicted molar refractivity (Wildman–Crippen MR) is 73.2 cm³/mol. The molecule has 0 aromatic heterocycles. The number of aromatic hydroxyl groups is 2. The maximum Gasteiger partial charge on any atom is 0.165 e. The van der Waals surface area contributed by atoms with Gasteiger partial charge in [-0.3, -0.25) is 0 Å². The van der Waals surface area contributed by atoms with Crippen molar-refractivity contribution in [2.45, 2.75) is 11.9 Å². The molecule has 0 atom stereocenters. The highest BCUT2D eigenvalue weighted by Gasteiger charge is 2.10. The normalized spacial score (nSPS) is 10.3. The Bertz CT molecular complexity index is 526. The minimum absolute atomic E-state index is 0.0561. The molecule has 0 aliphatic carbocycles. The van der Waals surface area contributed by atoms with Gasteiger partial charge < -0.3 is 14.9 Å². The molecule has 0 amide bonds. The van der Waals surface area contributed by atoms with E-state index in [1.807, 2.05) is 30.3 Å². The third-order valence-electron chi connectivity index (χ3n) is 2.52. The Morgan fingerprint density at radius 1 is 1.06 bits per heavy atom. The predicted octanol–water partition coefficient (Wildman–Crippen LogP) is 3.57. The summed E-state index contributed by atoms with van der Waals surface area (Å²) < 4.78 is 5.52. The highest BCUT2D eigenvalue weighted by Crippen LogP contribution is 2.35. The third kappa shape index (κ3) is 2.96. The van der Waals surface area contributed by atoms with Gasteiger partial charge in [0, 0.05) is 17.0 Å². The molecule has 2 rings (SSSR count). The van der Waals surface area contributed by atoms with Gasteiger partial charge in [0.1, 0.15) is 12.4 Å². The van der Waals surface area contributed by atoms with Crippen LogP contribution in [0.3, 0.4) is 0 Å². The largest absolute Gasteiger partial charge is 0.508 e. The zero-order valence-electron chi connectivity index (χ0n) is 9.64. The fourth-order valence-corrected chi connectivity index (χ4v) is 2.02. The highest BCUT2D eigenvalue weighted by molar-refractivity contribution is 9.08. The molecule has 0 heterocycles. The Labute approximate surface area is 114 Å². The monoisotopic (exact) mass is 308 g/mol. The fourth-order valence-electron chi connectivity index (χ4n) is 1.60. The molecule has 2 aromatic rings. The summed E-state index contributed by atoms with van der Waals surface area (Å²) in [6, 6.07) is 12.6. The van der Waals surface area contributed by atoms with Gasteiger partial charge >= 0.3 is 0 Å². The van der Waals surface area contributed by atoms with Crippen molar-refractivity contribution in [1.29, 1.82) is 0 Å². The molecule has 18 heavy (non-hydrogen) atoms. The third-order valence-corrected chi connectivity index (χ3v) is 3.12. The minimum Gasteiger partial charge on any atom is -0.508 e. The lowest BCUT2D eigenvalue weighted by Gasteiger charge is -2.11. The van der Waals surface area contributed by atoms with Gasteiger partial charge in [-0.1, -0.05) is 46.3 Å². The molecule has 4 heteroatoms. The van der Waals surface area contributed by atoms with E-state index < -0.39 is 0 Å². The van der Waals surface area contributed by atoms with E-state index in [9.17, 15) is 10.2 Å². The molecule has 0 aliphatic rings. The van der Waals surface area contributed by atoms with Crippen molar-refractivity contribution in [2.75, 3.05) is 0 Å². The van der Waals surface area contributed by atoms with Crippen molar-refractivity contribution in [2.24, 2.45) is 0 Å². The molecule has 0 saturated heterocycles. The second-order valence-electron chi connectivity index (χ2n) is 3.86. The summed E-state index contributed by atoms with van der Waals surface area (Å²) in [5.41, 5.74) is 1.60. The number of benzene rings is 2. The van der Waals surface area contributed by atoms with Crippen LogP contribution in [0, 0.1) is 0 Å². The van der Waals surface area contributed by atoms with Crippen LogP contribution in [-0.4, -0.2) is 10.2 Å². The molecule has 0 radical (unpaired) electrons. The fraction of sp³-hybridized carbons (Fsp3) is 0.143. The zero-order valence-corrected chi connectivity index (χ0v) is 11.2. The summed E-state index contributed by atoms with van der Waals surface area (Å²) in [4.78, 5) is 0. The maximum atomic E-state index is 9.93. The van der Waals surface area contributed by atoms with E-state index in [1.54, 1.807) is 0 Å². The van der Waals surface area contributed by atoms with Crippen LogP contribution in [0.5, 0.6) is 17.2 Å². The van der Waals surface area contributed by atoms with E-state index in [1.165, 1.54) is 12.1 Å². The lowest BCUT2D eigenvalue weighted by atomic mass is 10.2. The summed E-state index contributed by atoms with van der Waals surface area (Å²) in [6.45, 7) is 0.347. The van der Waals surface area contributed by atoms with Gasteiger partial charge in [-0.25, -0.2) is 0 Å². The standard InChI is InChI=1S/C14H13BrO3/c15-8-11-6-12(16)7-13(14(11)17)18-9-10-4-2-1-3-5-10/h1-7,16-17H,8-9H2. The van der Waals surface area contributed by atoms with Gasteiger partial charge in [0.05, 0.1) is 0 Å². The van der Waals surface area contributed by atoms with Crippen molar-refractivity contribution in [3.05, 3.63) is 53.6 Å². The highest BCUT2D eigenvalue weighted by atomic mass is 79.9. The van der Waals surface area contributed by atoms with Gasteiger partial charge in [-0.15, -0.1) is 0 Å². The van der Waals surface area contributed by atoms with Crippen molar-refractivity contribution in [3.8, 4) is 17.2 Å². The van der Waals surface area contributed by atoms with Crippen LogP contribution in [0.2, 0.25) is 0 Å². The van der Waals surface area contributed by atoms with Crippen LogP contribution in [0.15, 0.2) is 42.5 Å². The molecule has 94 valence electrons. The van der Waals surface area contributed by atoms with Crippen LogP contribution in [0.1, 0.15) is 11.1 Å². The molecule has 0 saturated carbocycles. The molecule has 0 aliphatic heterocycles. The first-order chi connectivity index (χ1) is 8.70. The Morgan fingerprint density at radius 3 is 2.44 bits per heavy atom. The summed E-state index contributed by atoms with van der Waals surface area (Å²) in [5.74, 6) is 0.416. The van der Waals surface area contributed by atoms with Gasteiger partial charge in [-0.2, -0.15) is 0 Å². The van der Waals surface area contributed by atoms with Crippen LogP contribution in [-0.2, 0) is 11.9 Å². The SMILES string of the molecule is Oc1cc(CBr)c(O)c(OCc2ccccc2)c1. The minimum atomic E-state index is 0.0561. The van der Waals surface area contributed by atoms with Gasteiger partial charge in [-0.05, 0) is 11.6 Å². The molecular weight excluding hydrogens is 296 g/mol. The average molecular weight is 309 g/mol. The first-order valence-electron chi connectivity index (χ1n) is 5.48. The van der Waals surface area contributed by atoms with E-state index in [0.717, 1.165) is 5.56 Å².